The Morgan fingerprint density at radius 3 is 2.68 bits per heavy atom. The van der Waals surface area contributed by atoms with Crippen molar-refractivity contribution in [2.24, 2.45) is 0 Å². The normalized spacial score (nSPS) is 14.8. The fourth-order valence-electron chi connectivity index (χ4n) is 1.92. The maximum absolute atomic E-state index is 4.68. The van der Waals surface area contributed by atoms with Gasteiger partial charge in [0, 0.05) is 29.9 Å². The van der Waals surface area contributed by atoms with Crippen LogP contribution in [-0.2, 0) is 13.0 Å². The Labute approximate surface area is 117 Å². The first kappa shape index (κ1) is 12.7. The van der Waals surface area contributed by atoms with E-state index < -0.39 is 0 Å². The minimum Gasteiger partial charge on any atom is -0.309 e. The molecule has 1 fully saturated rings. The van der Waals surface area contributed by atoms with E-state index in [1.807, 2.05) is 19.3 Å². The summed E-state index contributed by atoms with van der Waals surface area (Å²) in [6.07, 6.45) is 7.28. The van der Waals surface area contributed by atoms with E-state index >= 15 is 0 Å². The second-order valence-electron chi connectivity index (χ2n) is 4.98. The van der Waals surface area contributed by atoms with Gasteiger partial charge in [0.2, 0.25) is 0 Å². The lowest BCUT2D eigenvalue weighted by atomic mass is 10.3. The van der Waals surface area contributed by atoms with E-state index in [1.165, 1.54) is 23.4 Å². The third-order valence-electron chi connectivity index (χ3n) is 3.21. The number of rotatable bonds is 5. The highest BCUT2D eigenvalue weighted by atomic mass is 32.1. The molecule has 0 aromatic carbocycles. The Kier molecular flexibility index (Phi) is 3.57. The summed E-state index contributed by atoms with van der Waals surface area (Å²) in [5.74, 6) is 0.739. The van der Waals surface area contributed by atoms with Crippen LogP contribution in [0.15, 0.2) is 12.4 Å². The highest BCUT2D eigenvalue weighted by Gasteiger charge is 2.21. The monoisotopic (exact) mass is 274 g/mol. The number of nitrogens with zero attached hydrogens (tertiary/aromatic N) is 3. The number of aryl methyl sites for hydroxylation is 2. The van der Waals surface area contributed by atoms with Crippen LogP contribution in [0.2, 0.25) is 0 Å². The standard InChI is InChI=1S/C14H18N4S/c1-3-11-12(8-15-10-4-5-10)19-14(18-11)13-16-6-9(2)7-17-13/h6-7,10,15H,3-5,8H2,1-2H3. The summed E-state index contributed by atoms with van der Waals surface area (Å²) in [5, 5.41) is 4.49. The molecule has 2 aromatic rings. The number of nitrogens with one attached hydrogen (secondary N) is 1. The highest BCUT2D eigenvalue weighted by molar-refractivity contribution is 7.15. The van der Waals surface area contributed by atoms with Crippen LogP contribution in [-0.4, -0.2) is 21.0 Å². The molecule has 3 rings (SSSR count). The number of hydrogen-bond acceptors (Lipinski definition) is 5. The molecule has 2 aromatic heterocycles. The molecular weight excluding hydrogens is 256 g/mol. The van der Waals surface area contributed by atoms with Crippen molar-refractivity contribution >= 4 is 11.3 Å². The van der Waals surface area contributed by atoms with Gasteiger partial charge in [-0.3, -0.25) is 0 Å². The van der Waals surface area contributed by atoms with Crippen LogP contribution < -0.4 is 5.32 Å². The van der Waals surface area contributed by atoms with Gasteiger partial charge < -0.3 is 5.32 Å². The van der Waals surface area contributed by atoms with Crippen molar-refractivity contribution in [1.82, 2.24) is 20.3 Å². The van der Waals surface area contributed by atoms with E-state index in [-0.39, 0.29) is 0 Å². The average Bonchev–Trinajstić information content (AvgIpc) is 3.16. The van der Waals surface area contributed by atoms with Gasteiger partial charge in [0.25, 0.3) is 0 Å². The second-order valence-corrected chi connectivity index (χ2v) is 6.07. The molecule has 0 atom stereocenters. The van der Waals surface area contributed by atoms with E-state index in [4.69, 9.17) is 0 Å². The third-order valence-corrected chi connectivity index (χ3v) is 4.31. The molecule has 1 N–H and O–H groups in total. The van der Waals surface area contributed by atoms with E-state index in [0.717, 1.165) is 35.4 Å². The van der Waals surface area contributed by atoms with Gasteiger partial charge in [-0.2, -0.15) is 0 Å². The molecule has 4 nitrogen and oxygen atoms in total. The van der Waals surface area contributed by atoms with E-state index in [2.05, 4.69) is 27.2 Å². The van der Waals surface area contributed by atoms with Crippen molar-refractivity contribution in [1.29, 1.82) is 0 Å². The molecule has 100 valence electrons. The van der Waals surface area contributed by atoms with Crippen molar-refractivity contribution in [3.63, 3.8) is 0 Å². The van der Waals surface area contributed by atoms with Crippen LogP contribution in [0.4, 0.5) is 0 Å². The molecule has 0 unspecified atom stereocenters. The predicted molar refractivity (Wildman–Crippen MR) is 77.1 cm³/mol. The van der Waals surface area contributed by atoms with Crippen molar-refractivity contribution in [3.8, 4) is 10.8 Å². The smallest absolute Gasteiger partial charge is 0.188 e. The molecule has 5 heteroatoms. The highest BCUT2D eigenvalue weighted by Crippen LogP contribution is 2.27. The van der Waals surface area contributed by atoms with E-state index in [1.54, 1.807) is 11.3 Å². The van der Waals surface area contributed by atoms with Crippen molar-refractivity contribution in [3.05, 3.63) is 28.5 Å². The fraction of sp³-hybridized carbons (Fsp3) is 0.500. The molecule has 2 heterocycles. The Bertz CT molecular complexity index is 557. The van der Waals surface area contributed by atoms with E-state index in [9.17, 15) is 0 Å². The topological polar surface area (TPSA) is 50.7 Å². The lowest BCUT2D eigenvalue weighted by Crippen LogP contribution is -2.15. The average molecular weight is 274 g/mol. The molecule has 0 spiro atoms. The van der Waals surface area contributed by atoms with Crippen LogP contribution in [0, 0.1) is 6.92 Å². The van der Waals surface area contributed by atoms with Crippen LogP contribution >= 0.6 is 11.3 Å². The maximum Gasteiger partial charge on any atom is 0.188 e. The van der Waals surface area contributed by atoms with Gasteiger partial charge in [-0.15, -0.1) is 11.3 Å². The molecule has 0 radical (unpaired) electrons. The molecule has 0 bridgehead atoms. The van der Waals surface area contributed by atoms with Crippen LogP contribution in [0.3, 0.4) is 0 Å². The Balaban J connectivity index is 1.82. The SMILES string of the molecule is CCc1nc(-c2ncc(C)cn2)sc1CNC1CC1. The van der Waals surface area contributed by atoms with Crippen LogP contribution in [0.1, 0.15) is 35.9 Å². The summed E-state index contributed by atoms with van der Waals surface area (Å²) in [6, 6.07) is 0.728. The Morgan fingerprint density at radius 1 is 1.32 bits per heavy atom. The molecule has 1 saturated carbocycles. The summed E-state index contributed by atoms with van der Waals surface area (Å²) >= 11 is 1.71. The van der Waals surface area contributed by atoms with Gasteiger partial charge in [0.1, 0.15) is 0 Å². The zero-order chi connectivity index (χ0) is 13.2. The Morgan fingerprint density at radius 2 is 2.05 bits per heavy atom. The van der Waals surface area contributed by atoms with E-state index in [0.29, 0.717) is 0 Å². The molecule has 0 amide bonds. The van der Waals surface area contributed by atoms with Gasteiger partial charge in [0.05, 0.1) is 5.69 Å². The first-order valence-electron chi connectivity index (χ1n) is 6.77. The molecular formula is C14H18N4S. The number of aromatic nitrogens is 3. The summed E-state index contributed by atoms with van der Waals surface area (Å²) < 4.78 is 0. The van der Waals surface area contributed by atoms with Crippen molar-refractivity contribution in [2.45, 2.75) is 45.7 Å². The quantitative estimate of drug-likeness (QED) is 0.911. The molecule has 1 aliphatic rings. The van der Waals surface area contributed by atoms with Crippen molar-refractivity contribution < 1.29 is 0 Å². The minimum atomic E-state index is 0.728. The largest absolute Gasteiger partial charge is 0.309 e. The number of thiazole rings is 1. The first-order valence-corrected chi connectivity index (χ1v) is 7.59. The van der Waals surface area contributed by atoms with Gasteiger partial charge >= 0.3 is 0 Å². The minimum absolute atomic E-state index is 0.728. The van der Waals surface area contributed by atoms with Gasteiger partial charge in [-0.1, -0.05) is 6.92 Å². The van der Waals surface area contributed by atoms with Crippen molar-refractivity contribution in [2.75, 3.05) is 0 Å². The van der Waals surface area contributed by atoms with Gasteiger partial charge in [-0.25, -0.2) is 15.0 Å². The van der Waals surface area contributed by atoms with Gasteiger partial charge in [0.15, 0.2) is 10.8 Å². The molecule has 0 aliphatic heterocycles. The summed E-state index contributed by atoms with van der Waals surface area (Å²) in [7, 11) is 0. The van der Waals surface area contributed by atoms with Crippen LogP contribution in [0.5, 0.6) is 0 Å². The number of hydrogen-bond donors (Lipinski definition) is 1. The predicted octanol–water partition coefficient (Wildman–Crippen LogP) is 2.72. The Hall–Kier alpha value is -1.33. The molecule has 19 heavy (non-hydrogen) atoms. The maximum atomic E-state index is 4.68. The van der Waals surface area contributed by atoms with Crippen LogP contribution in [0.25, 0.3) is 10.8 Å². The summed E-state index contributed by atoms with van der Waals surface area (Å²) in [4.78, 5) is 14.7. The molecule has 1 aliphatic carbocycles. The fourth-order valence-corrected chi connectivity index (χ4v) is 2.97. The molecule has 0 saturated heterocycles. The second kappa shape index (κ2) is 5.35. The summed E-state index contributed by atoms with van der Waals surface area (Å²) in [6.45, 7) is 5.07. The zero-order valence-corrected chi connectivity index (χ0v) is 12.1. The zero-order valence-electron chi connectivity index (χ0n) is 11.3. The lowest BCUT2D eigenvalue weighted by Gasteiger charge is -2.00. The lowest BCUT2D eigenvalue weighted by molar-refractivity contribution is 0.689. The first-order chi connectivity index (χ1) is 9.26. The summed E-state index contributed by atoms with van der Waals surface area (Å²) in [5.41, 5.74) is 2.25. The van der Waals surface area contributed by atoms with Gasteiger partial charge in [-0.05, 0) is 31.7 Å². The third kappa shape index (κ3) is 2.98.